The number of benzene rings is 2. The first-order valence-electron chi connectivity index (χ1n) is 9.85. The number of hydrogen-bond donors (Lipinski definition) is 0. The summed E-state index contributed by atoms with van der Waals surface area (Å²) in [5, 5.41) is 5.64. The molecule has 160 valence electrons. The molecule has 0 N–H and O–H groups in total. The summed E-state index contributed by atoms with van der Waals surface area (Å²) >= 11 is 19.2. The molecule has 0 aliphatic carbocycles. The van der Waals surface area contributed by atoms with Crippen LogP contribution >= 0.6 is 34.8 Å². The van der Waals surface area contributed by atoms with Gasteiger partial charge in [0.25, 0.3) is 0 Å². The Kier molecular flexibility index (Phi) is 6.11. The van der Waals surface area contributed by atoms with Gasteiger partial charge in [-0.2, -0.15) is 5.10 Å². The second-order valence-corrected chi connectivity index (χ2v) is 8.81. The summed E-state index contributed by atoms with van der Waals surface area (Å²) in [6.07, 6.45) is 1.53. The van der Waals surface area contributed by atoms with Crippen molar-refractivity contribution in [3.63, 3.8) is 0 Å². The number of carbonyl (C=O) groups excluding carboxylic acids is 1. The molecule has 1 amide bonds. The summed E-state index contributed by atoms with van der Waals surface area (Å²) in [7, 11) is 1.80. The van der Waals surface area contributed by atoms with Crippen molar-refractivity contribution in [2.24, 2.45) is 10.9 Å². The van der Waals surface area contributed by atoms with Gasteiger partial charge in [-0.3, -0.25) is 4.79 Å². The van der Waals surface area contributed by atoms with E-state index in [0.29, 0.717) is 32.2 Å². The SMILES string of the molecule is CC1=Nc2c(Cl)cnn2C(c2cccc(Cl)c2Cl)C1C(=O)N(C)[C@@H](C)c1ccccc1. The van der Waals surface area contributed by atoms with E-state index >= 15 is 0 Å². The number of aliphatic imine (C=N–C) groups is 1. The van der Waals surface area contributed by atoms with E-state index in [1.165, 1.54) is 6.20 Å². The lowest BCUT2D eigenvalue weighted by molar-refractivity contribution is -0.135. The number of carbonyl (C=O) groups is 1. The van der Waals surface area contributed by atoms with Crippen LogP contribution < -0.4 is 0 Å². The highest BCUT2D eigenvalue weighted by Crippen LogP contribution is 2.43. The van der Waals surface area contributed by atoms with Crippen LogP contribution in [0.25, 0.3) is 0 Å². The van der Waals surface area contributed by atoms with Crippen LogP contribution in [0.15, 0.2) is 59.7 Å². The Hall–Kier alpha value is -2.34. The van der Waals surface area contributed by atoms with Gasteiger partial charge in [-0.25, -0.2) is 9.67 Å². The summed E-state index contributed by atoms with van der Waals surface area (Å²) in [6.45, 7) is 3.84. The van der Waals surface area contributed by atoms with E-state index in [2.05, 4.69) is 10.1 Å². The molecular weight excluding hydrogens is 455 g/mol. The van der Waals surface area contributed by atoms with E-state index in [1.807, 2.05) is 56.3 Å². The first kappa shape index (κ1) is 21.9. The van der Waals surface area contributed by atoms with Crippen LogP contribution in [0.3, 0.4) is 0 Å². The van der Waals surface area contributed by atoms with Crippen LogP contribution in [-0.4, -0.2) is 33.3 Å². The third-order valence-corrected chi connectivity index (χ3v) is 6.91. The second-order valence-electron chi connectivity index (χ2n) is 7.62. The molecule has 0 saturated heterocycles. The maximum Gasteiger partial charge on any atom is 0.234 e. The molecule has 0 bridgehead atoms. The van der Waals surface area contributed by atoms with E-state index < -0.39 is 12.0 Å². The summed E-state index contributed by atoms with van der Waals surface area (Å²) in [4.78, 5) is 20.2. The quantitative estimate of drug-likeness (QED) is 0.440. The fourth-order valence-electron chi connectivity index (χ4n) is 3.99. The van der Waals surface area contributed by atoms with E-state index in [0.717, 1.165) is 5.56 Å². The first-order chi connectivity index (χ1) is 14.8. The predicted octanol–water partition coefficient (Wildman–Crippen LogP) is 6.37. The zero-order valence-corrected chi connectivity index (χ0v) is 19.5. The first-order valence-corrected chi connectivity index (χ1v) is 11.0. The highest BCUT2D eigenvalue weighted by molar-refractivity contribution is 6.42. The van der Waals surface area contributed by atoms with Crippen molar-refractivity contribution in [1.29, 1.82) is 0 Å². The average molecular weight is 476 g/mol. The Balaban J connectivity index is 1.81. The van der Waals surface area contributed by atoms with Crippen LogP contribution in [0.4, 0.5) is 5.82 Å². The van der Waals surface area contributed by atoms with Crippen molar-refractivity contribution >= 4 is 52.2 Å². The minimum absolute atomic E-state index is 0.0871. The molecule has 0 saturated carbocycles. The topological polar surface area (TPSA) is 50.5 Å². The van der Waals surface area contributed by atoms with Crippen molar-refractivity contribution in [2.45, 2.75) is 25.9 Å². The standard InChI is InChI=1S/C23H21Cl3N4O/c1-13-19(23(31)29(3)14(2)15-8-5-4-6-9-15)21(16-10-7-11-17(24)20(16)26)30-22(28-13)18(25)12-27-30/h4-12,14,19,21H,1-3H3/t14-,19?,21?/m0/s1. The fourth-order valence-corrected chi connectivity index (χ4v) is 4.58. The second kappa shape index (κ2) is 8.65. The van der Waals surface area contributed by atoms with Gasteiger partial charge in [0, 0.05) is 12.8 Å². The van der Waals surface area contributed by atoms with Gasteiger partial charge >= 0.3 is 0 Å². The molecule has 4 rings (SSSR count). The number of halogens is 3. The molecule has 3 atom stereocenters. The van der Waals surface area contributed by atoms with Gasteiger partial charge in [0.2, 0.25) is 5.91 Å². The Morgan fingerprint density at radius 1 is 1.06 bits per heavy atom. The van der Waals surface area contributed by atoms with E-state index in [1.54, 1.807) is 22.7 Å². The van der Waals surface area contributed by atoms with Crippen molar-refractivity contribution in [2.75, 3.05) is 7.05 Å². The highest BCUT2D eigenvalue weighted by Gasteiger charge is 2.42. The normalized spacial score (nSPS) is 18.8. The van der Waals surface area contributed by atoms with Gasteiger partial charge in [0.05, 0.1) is 28.3 Å². The lowest BCUT2D eigenvalue weighted by atomic mass is 9.86. The molecule has 1 aliphatic rings. The monoisotopic (exact) mass is 474 g/mol. The van der Waals surface area contributed by atoms with Crippen molar-refractivity contribution in [1.82, 2.24) is 14.7 Å². The molecule has 3 aromatic rings. The summed E-state index contributed by atoms with van der Waals surface area (Å²) in [5.74, 6) is -0.200. The molecule has 0 radical (unpaired) electrons. The summed E-state index contributed by atoms with van der Waals surface area (Å²) in [5.41, 5.74) is 2.39. The smallest absolute Gasteiger partial charge is 0.234 e. The minimum Gasteiger partial charge on any atom is -0.338 e. The zero-order chi connectivity index (χ0) is 22.3. The maximum absolute atomic E-state index is 13.8. The van der Waals surface area contributed by atoms with Crippen molar-refractivity contribution < 1.29 is 4.79 Å². The minimum atomic E-state index is -0.615. The molecule has 0 spiro atoms. The van der Waals surface area contributed by atoms with Crippen LogP contribution in [0, 0.1) is 5.92 Å². The van der Waals surface area contributed by atoms with Crippen LogP contribution in [-0.2, 0) is 4.79 Å². The number of amides is 1. The summed E-state index contributed by atoms with van der Waals surface area (Å²) < 4.78 is 1.66. The summed E-state index contributed by atoms with van der Waals surface area (Å²) in [6, 6.07) is 14.6. The molecular formula is C23H21Cl3N4O. The lowest BCUT2D eigenvalue weighted by Gasteiger charge is -2.36. The predicted molar refractivity (Wildman–Crippen MR) is 126 cm³/mol. The van der Waals surface area contributed by atoms with Gasteiger partial charge in [0.15, 0.2) is 5.82 Å². The van der Waals surface area contributed by atoms with Gasteiger partial charge in [-0.1, -0.05) is 77.3 Å². The van der Waals surface area contributed by atoms with Crippen LogP contribution in [0.1, 0.15) is 37.1 Å². The molecule has 8 heteroatoms. The van der Waals surface area contributed by atoms with Crippen LogP contribution in [0.5, 0.6) is 0 Å². The van der Waals surface area contributed by atoms with Gasteiger partial charge in [-0.15, -0.1) is 0 Å². The van der Waals surface area contributed by atoms with Crippen molar-refractivity contribution in [3.8, 4) is 0 Å². The maximum atomic E-state index is 13.8. The highest BCUT2D eigenvalue weighted by atomic mass is 35.5. The van der Waals surface area contributed by atoms with Gasteiger partial charge in [-0.05, 0) is 31.0 Å². The number of fused-ring (bicyclic) bond motifs is 1. The van der Waals surface area contributed by atoms with Crippen molar-refractivity contribution in [3.05, 3.63) is 80.9 Å². The van der Waals surface area contributed by atoms with E-state index in [4.69, 9.17) is 34.8 Å². The Bertz CT molecular complexity index is 1160. The number of nitrogens with zero attached hydrogens (tertiary/aromatic N) is 4. The molecule has 1 aliphatic heterocycles. The van der Waals surface area contributed by atoms with E-state index in [-0.39, 0.29) is 11.9 Å². The third kappa shape index (κ3) is 3.86. The molecule has 5 nitrogen and oxygen atoms in total. The largest absolute Gasteiger partial charge is 0.338 e. The molecule has 0 fully saturated rings. The molecule has 2 aromatic carbocycles. The van der Waals surface area contributed by atoms with Gasteiger partial charge in [0.1, 0.15) is 10.9 Å². The molecule has 2 heterocycles. The number of aromatic nitrogens is 2. The Morgan fingerprint density at radius 2 is 1.77 bits per heavy atom. The average Bonchev–Trinajstić information content (AvgIpc) is 3.14. The lowest BCUT2D eigenvalue weighted by Crippen LogP contribution is -2.44. The molecule has 2 unspecified atom stereocenters. The Labute approximate surface area is 196 Å². The number of rotatable bonds is 4. The number of hydrogen-bond acceptors (Lipinski definition) is 3. The molecule has 31 heavy (non-hydrogen) atoms. The fraction of sp³-hybridized carbons (Fsp3) is 0.261. The van der Waals surface area contributed by atoms with Gasteiger partial charge < -0.3 is 4.90 Å². The Morgan fingerprint density at radius 3 is 2.48 bits per heavy atom. The van der Waals surface area contributed by atoms with E-state index in [9.17, 15) is 4.79 Å². The third-order valence-electron chi connectivity index (χ3n) is 5.81. The van der Waals surface area contributed by atoms with Crippen LogP contribution in [0.2, 0.25) is 15.1 Å². The molecule has 1 aromatic heterocycles. The zero-order valence-electron chi connectivity index (χ0n) is 17.3.